The van der Waals surface area contributed by atoms with Crippen molar-refractivity contribution in [3.8, 4) is 5.75 Å². The van der Waals surface area contributed by atoms with Crippen molar-refractivity contribution in [2.45, 2.75) is 71.1 Å². The third-order valence-corrected chi connectivity index (χ3v) is 6.49. The summed E-state index contributed by atoms with van der Waals surface area (Å²) in [6, 6.07) is 5.20. The molecule has 0 radical (unpaired) electrons. The van der Waals surface area contributed by atoms with Crippen molar-refractivity contribution in [3.05, 3.63) is 70.3 Å². The standard InChI is InChI=1S/C29H38F4N2O3/c1-7-9-21(27(36)35(5)14-8-2)10-12-25-19(3)15-23(34-25)18-28(37,29(31,32)33)17-20(4)24-16-22(30)11-13-26(24)38-6/h9-13,15-16,20,34,37H,7-8,14,17-18H2,1-6H3/b12-10-,21-9+. The van der Waals surface area contributed by atoms with Crippen molar-refractivity contribution < 1.29 is 32.2 Å². The van der Waals surface area contributed by atoms with Gasteiger partial charge >= 0.3 is 6.18 Å². The first-order valence-corrected chi connectivity index (χ1v) is 12.7. The molecule has 0 saturated carbocycles. The van der Waals surface area contributed by atoms with E-state index in [9.17, 15) is 27.5 Å². The van der Waals surface area contributed by atoms with Gasteiger partial charge in [-0.25, -0.2) is 4.39 Å². The number of methoxy groups -OCH3 is 1. The quantitative estimate of drug-likeness (QED) is 0.179. The smallest absolute Gasteiger partial charge is 0.417 e. The zero-order chi connectivity index (χ0) is 28.7. The topological polar surface area (TPSA) is 65.6 Å². The number of hydrogen-bond acceptors (Lipinski definition) is 3. The van der Waals surface area contributed by atoms with Crippen LogP contribution < -0.4 is 4.74 Å². The summed E-state index contributed by atoms with van der Waals surface area (Å²) in [5, 5.41) is 10.9. The van der Waals surface area contributed by atoms with Crippen LogP contribution in [0.2, 0.25) is 0 Å². The van der Waals surface area contributed by atoms with Gasteiger partial charge in [-0.05, 0) is 79.6 Å². The summed E-state index contributed by atoms with van der Waals surface area (Å²) in [5.41, 5.74) is -0.939. The van der Waals surface area contributed by atoms with Gasteiger partial charge in [-0.15, -0.1) is 0 Å². The van der Waals surface area contributed by atoms with E-state index >= 15 is 0 Å². The van der Waals surface area contributed by atoms with Crippen LogP contribution >= 0.6 is 0 Å². The van der Waals surface area contributed by atoms with E-state index < -0.39 is 36.4 Å². The molecule has 2 atom stereocenters. The number of aromatic nitrogens is 1. The number of halogens is 4. The van der Waals surface area contributed by atoms with Crippen LogP contribution in [0.25, 0.3) is 6.08 Å². The lowest BCUT2D eigenvalue weighted by Gasteiger charge is -2.33. The molecule has 2 N–H and O–H groups in total. The summed E-state index contributed by atoms with van der Waals surface area (Å²) in [5.74, 6) is -1.34. The summed E-state index contributed by atoms with van der Waals surface area (Å²) in [6.07, 6.45) is 0.215. The van der Waals surface area contributed by atoms with Gasteiger partial charge < -0.3 is 19.7 Å². The molecule has 1 heterocycles. The average molecular weight is 539 g/mol. The first kappa shape index (κ1) is 31.1. The van der Waals surface area contributed by atoms with Crippen molar-refractivity contribution in [2.24, 2.45) is 0 Å². The number of ether oxygens (including phenoxy) is 1. The van der Waals surface area contributed by atoms with E-state index in [1.165, 1.54) is 20.1 Å². The Morgan fingerprint density at radius 1 is 1.24 bits per heavy atom. The Hall–Kier alpha value is -3.07. The SMILES string of the molecule is CC/C=C(\C=C/c1[nH]c(CC(O)(CC(C)c2cc(F)ccc2OC)C(F)(F)F)cc1C)C(=O)N(C)CCC. The number of nitrogens with zero attached hydrogens (tertiary/aromatic N) is 1. The zero-order valence-electron chi connectivity index (χ0n) is 22.9. The Morgan fingerprint density at radius 3 is 2.50 bits per heavy atom. The molecular weight excluding hydrogens is 500 g/mol. The fourth-order valence-electron chi connectivity index (χ4n) is 4.50. The molecule has 1 aromatic heterocycles. The van der Waals surface area contributed by atoms with E-state index in [4.69, 9.17) is 4.74 Å². The van der Waals surface area contributed by atoms with Gasteiger partial charge in [0.05, 0.1) is 7.11 Å². The van der Waals surface area contributed by atoms with Crippen molar-refractivity contribution in [1.82, 2.24) is 9.88 Å². The van der Waals surface area contributed by atoms with Crippen molar-refractivity contribution in [1.29, 1.82) is 0 Å². The molecule has 2 aromatic rings. The van der Waals surface area contributed by atoms with Crippen LogP contribution in [0.5, 0.6) is 5.75 Å². The van der Waals surface area contributed by atoms with Gasteiger partial charge in [0.15, 0.2) is 5.60 Å². The van der Waals surface area contributed by atoms with E-state index in [0.717, 1.165) is 18.6 Å². The highest BCUT2D eigenvalue weighted by atomic mass is 19.4. The average Bonchev–Trinajstić information content (AvgIpc) is 3.18. The van der Waals surface area contributed by atoms with Crippen LogP contribution in [0, 0.1) is 12.7 Å². The maximum absolute atomic E-state index is 14.2. The van der Waals surface area contributed by atoms with Crippen molar-refractivity contribution >= 4 is 12.0 Å². The van der Waals surface area contributed by atoms with Crippen LogP contribution in [0.1, 0.15) is 68.5 Å². The largest absolute Gasteiger partial charge is 0.496 e. The van der Waals surface area contributed by atoms with Gasteiger partial charge in [0.1, 0.15) is 11.6 Å². The van der Waals surface area contributed by atoms with Crippen LogP contribution in [0.3, 0.4) is 0 Å². The van der Waals surface area contributed by atoms with Gasteiger partial charge in [0.2, 0.25) is 0 Å². The number of H-pyrrole nitrogens is 1. The van der Waals surface area contributed by atoms with Crippen LogP contribution in [0.4, 0.5) is 17.6 Å². The fourth-order valence-corrected chi connectivity index (χ4v) is 4.50. The minimum Gasteiger partial charge on any atom is -0.496 e. The third kappa shape index (κ3) is 7.72. The number of carbonyl (C=O) groups is 1. The summed E-state index contributed by atoms with van der Waals surface area (Å²) >= 11 is 0. The summed E-state index contributed by atoms with van der Waals surface area (Å²) < 4.78 is 61.5. The molecule has 210 valence electrons. The van der Waals surface area contributed by atoms with Gasteiger partial charge in [-0.2, -0.15) is 13.2 Å². The van der Waals surface area contributed by atoms with Gasteiger partial charge in [-0.1, -0.05) is 26.8 Å². The summed E-state index contributed by atoms with van der Waals surface area (Å²) in [4.78, 5) is 17.3. The lowest BCUT2D eigenvalue weighted by molar-refractivity contribution is -0.263. The number of alkyl halides is 3. The monoisotopic (exact) mass is 538 g/mol. The van der Waals surface area contributed by atoms with E-state index in [0.29, 0.717) is 29.8 Å². The van der Waals surface area contributed by atoms with Crippen molar-refractivity contribution in [3.63, 3.8) is 0 Å². The van der Waals surface area contributed by atoms with Gasteiger partial charge in [0.25, 0.3) is 5.91 Å². The number of aryl methyl sites for hydroxylation is 1. The number of benzene rings is 1. The number of likely N-dealkylation sites (N-methyl/N-ethyl adjacent to an activating group) is 1. The second kappa shape index (κ2) is 13.1. The van der Waals surface area contributed by atoms with E-state index in [2.05, 4.69) is 4.98 Å². The number of amides is 1. The molecule has 0 fully saturated rings. The normalized spacial score (nSPS) is 15.0. The molecule has 0 bridgehead atoms. The Kier molecular flexibility index (Phi) is 10.8. The summed E-state index contributed by atoms with van der Waals surface area (Å²) in [6.45, 7) is 7.73. The van der Waals surface area contributed by atoms with Gasteiger partial charge in [-0.3, -0.25) is 4.79 Å². The number of allylic oxidation sites excluding steroid dienone is 1. The highest BCUT2D eigenvalue weighted by Gasteiger charge is 2.54. The molecule has 2 rings (SSSR count). The molecule has 0 aliphatic carbocycles. The maximum atomic E-state index is 14.2. The van der Waals surface area contributed by atoms with Gasteiger partial charge in [0, 0.05) is 37.0 Å². The Labute approximate surface area is 222 Å². The molecule has 9 heteroatoms. The second-order valence-electron chi connectivity index (χ2n) is 9.72. The molecule has 2 unspecified atom stereocenters. The minimum atomic E-state index is -4.94. The molecule has 0 spiro atoms. The highest BCUT2D eigenvalue weighted by molar-refractivity contribution is 5.97. The lowest BCUT2D eigenvalue weighted by atomic mass is 9.83. The van der Waals surface area contributed by atoms with E-state index in [-0.39, 0.29) is 22.9 Å². The zero-order valence-corrected chi connectivity index (χ0v) is 22.9. The van der Waals surface area contributed by atoms with Crippen molar-refractivity contribution in [2.75, 3.05) is 20.7 Å². The molecule has 38 heavy (non-hydrogen) atoms. The molecule has 0 aliphatic heterocycles. The Bertz CT molecular complexity index is 1150. The predicted molar refractivity (Wildman–Crippen MR) is 142 cm³/mol. The Morgan fingerprint density at radius 2 is 1.92 bits per heavy atom. The molecule has 1 aromatic carbocycles. The van der Waals surface area contributed by atoms with Crippen LogP contribution in [-0.4, -0.2) is 53.4 Å². The number of aliphatic hydroxyl groups is 1. The Balaban J connectivity index is 2.33. The summed E-state index contributed by atoms with van der Waals surface area (Å²) in [7, 11) is 3.08. The third-order valence-electron chi connectivity index (χ3n) is 6.49. The molecular formula is C29H38F4N2O3. The van der Waals surface area contributed by atoms with Crippen LogP contribution in [0.15, 0.2) is 42.0 Å². The lowest BCUT2D eigenvalue weighted by Crippen LogP contribution is -2.48. The first-order chi connectivity index (χ1) is 17.8. The van der Waals surface area contributed by atoms with E-state index in [1.807, 2.05) is 13.8 Å². The number of nitrogens with one attached hydrogen (secondary N) is 1. The number of carbonyl (C=O) groups excluding carboxylic acids is 1. The number of aromatic amines is 1. The minimum absolute atomic E-state index is 0.136. The fraction of sp³-hybridized carbons (Fsp3) is 0.483. The molecule has 5 nitrogen and oxygen atoms in total. The maximum Gasteiger partial charge on any atom is 0.417 e. The van der Waals surface area contributed by atoms with E-state index in [1.54, 1.807) is 43.2 Å². The van der Waals surface area contributed by atoms with Crippen LogP contribution in [-0.2, 0) is 11.2 Å². The molecule has 0 saturated heterocycles. The number of rotatable bonds is 12. The highest BCUT2D eigenvalue weighted by Crippen LogP contribution is 2.42. The second-order valence-corrected chi connectivity index (χ2v) is 9.72. The first-order valence-electron chi connectivity index (χ1n) is 12.7. The molecule has 0 aliphatic rings. The predicted octanol–water partition coefficient (Wildman–Crippen LogP) is 6.72. The number of hydrogen-bond donors (Lipinski definition) is 2. The molecule has 1 amide bonds.